The summed E-state index contributed by atoms with van der Waals surface area (Å²) < 4.78 is 4.56. The highest BCUT2D eigenvalue weighted by atomic mass is 16.1. The zero-order chi connectivity index (χ0) is 19.3. The van der Waals surface area contributed by atoms with Crippen LogP contribution in [0.4, 0.5) is 0 Å². The SMILES string of the molecule is Cn1c(=O)c2ccccc2n2cnc(-c3nnn(C#N)c3-c3ccccc3)c12. The number of para-hydroxylation sites is 1. The number of hydrogen-bond donors (Lipinski definition) is 0. The van der Waals surface area contributed by atoms with Crippen LogP contribution < -0.4 is 5.56 Å². The van der Waals surface area contributed by atoms with E-state index in [2.05, 4.69) is 15.3 Å². The number of fused-ring (bicyclic) bond motifs is 3. The second-order valence-electron chi connectivity index (χ2n) is 6.33. The van der Waals surface area contributed by atoms with Crippen molar-refractivity contribution in [3.63, 3.8) is 0 Å². The first-order valence-electron chi connectivity index (χ1n) is 8.57. The molecule has 3 aromatic heterocycles. The van der Waals surface area contributed by atoms with E-state index >= 15 is 0 Å². The molecule has 0 unspecified atom stereocenters. The average Bonchev–Trinajstić information content (AvgIpc) is 3.36. The summed E-state index contributed by atoms with van der Waals surface area (Å²) in [5, 5.41) is 18.2. The Labute approximate surface area is 158 Å². The largest absolute Gasteiger partial charge is 0.295 e. The van der Waals surface area contributed by atoms with Gasteiger partial charge >= 0.3 is 0 Å². The minimum Gasteiger partial charge on any atom is -0.295 e. The van der Waals surface area contributed by atoms with E-state index in [4.69, 9.17) is 0 Å². The Morgan fingerprint density at radius 2 is 1.75 bits per heavy atom. The molecule has 0 aliphatic heterocycles. The van der Waals surface area contributed by atoms with Crippen molar-refractivity contribution in [3.05, 3.63) is 71.3 Å². The number of rotatable bonds is 2. The normalized spacial score (nSPS) is 11.1. The Balaban J connectivity index is 1.89. The Kier molecular flexibility index (Phi) is 3.36. The lowest BCUT2D eigenvalue weighted by Gasteiger charge is -2.08. The molecule has 0 radical (unpaired) electrons. The lowest BCUT2D eigenvalue weighted by Crippen LogP contribution is -2.19. The molecular weight excluding hydrogens is 354 g/mol. The van der Waals surface area contributed by atoms with Crippen molar-refractivity contribution in [3.8, 4) is 28.8 Å². The van der Waals surface area contributed by atoms with Gasteiger partial charge in [-0.15, -0.1) is 9.78 Å². The van der Waals surface area contributed by atoms with Crippen LogP contribution in [0.2, 0.25) is 0 Å². The fraction of sp³-hybridized carbons (Fsp3) is 0.0500. The van der Waals surface area contributed by atoms with Crippen molar-refractivity contribution in [2.45, 2.75) is 0 Å². The first kappa shape index (κ1) is 16.0. The summed E-state index contributed by atoms with van der Waals surface area (Å²) in [6, 6.07) is 16.8. The van der Waals surface area contributed by atoms with Gasteiger partial charge in [0.15, 0.2) is 0 Å². The monoisotopic (exact) mass is 367 g/mol. The maximum Gasteiger partial charge on any atom is 0.261 e. The molecule has 0 aliphatic carbocycles. The Hall–Kier alpha value is -4.25. The zero-order valence-corrected chi connectivity index (χ0v) is 14.8. The summed E-state index contributed by atoms with van der Waals surface area (Å²) in [6.07, 6.45) is 3.68. The maximum absolute atomic E-state index is 12.9. The molecule has 134 valence electrons. The van der Waals surface area contributed by atoms with E-state index in [1.54, 1.807) is 24.0 Å². The van der Waals surface area contributed by atoms with E-state index in [9.17, 15) is 10.1 Å². The summed E-state index contributed by atoms with van der Waals surface area (Å²) in [4.78, 5) is 17.4. The average molecular weight is 367 g/mol. The molecule has 2 aromatic carbocycles. The summed E-state index contributed by atoms with van der Waals surface area (Å²) in [7, 11) is 1.70. The lowest BCUT2D eigenvalue weighted by atomic mass is 10.1. The minimum atomic E-state index is -0.126. The van der Waals surface area contributed by atoms with Gasteiger partial charge in [-0.05, 0) is 12.1 Å². The topological polar surface area (TPSA) is 93.8 Å². The van der Waals surface area contributed by atoms with Gasteiger partial charge in [0, 0.05) is 12.6 Å². The van der Waals surface area contributed by atoms with Crippen LogP contribution >= 0.6 is 0 Å². The van der Waals surface area contributed by atoms with Gasteiger partial charge in [-0.2, -0.15) is 5.26 Å². The smallest absolute Gasteiger partial charge is 0.261 e. The molecule has 0 spiro atoms. The summed E-state index contributed by atoms with van der Waals surface area (Å²) in [5.74, 6) is 0. The first-order chi connectivity index (χ1) is 13.7. The van der Waals surface area contributed by atoms with Gasteiger partial charge < -0.3 is 0 Å². The molecule has 3 heterocycles. The molecule has 0 atom stereocenters. The van der Waals surface area contributed by atoms with Crippen LogP contribution in [0.3, 0.4) is 0 Å². The molecule has 0 saturated carbocycles. The van der Waals surface area contributed by atoms with Crippen molar-refractivity contribution < 1.29 is 0 Å². The Morgan fingerprint density at radius 1 is 1.00 bits per heavy atom. The number of hydrogen-bond acceptors (Lipinski definition) is 5. The van der Waals surface area contributed by atoms with Crippen LogP contribution in [0, 0.1) is 11.5 Å². The molecule has 0 bridgehead atoms. The lowest BCUT2D eigenvalue weighted by molar-refractivity contribution is 0.821. The van der Waals surface area contributed by atoms with Crippen molar-refractivity contribution in [2.75, 3.05) is 0 Å². The van der Waals surface area contributed by atoms with Crippen LogP contribution in [0.25, 0.3) is 39.2 Å². The van der Waals surface area contributed by atoms with Crippen molar-refractivity contribution in [1.29, 1.82) is 5.26 Å². The number of nitriles is 1. The first-order valence-corrected chi connectivity index (χ1v) is 8.57. The number of nitrogens with zero attached hydrogens (tertiary/aromatic N) is 7. The Bertz CT molecular complexity index is 1450. The van der Waals surface area contributed by atoms with Crippen molar-refractivity contribution >= 4 is 16.6 Å². The second-order valence-corrected chi connectivity index (χ2v) is 6.33. The highest BCUT2D eigenvalue weighted by Crippen LogP contribution is 2.31. The molecule has 0 saturated heterocycles. The fourth-order valence-electron chi connectivity index (χ4n) is 3.51. The highest BCUT2D eigenvalue weighted by molar-refractivity contribution is 5.88. The number of aromatic nitrogens is 6. The third-order valence-corrected chi connectivity index (χ3v) is 4.80. The summed E-state index contributed by atoms with van der Waals surface area (Å²) >= 11 is 0. The van der Waals surface area contributed by atoms with Gasteiger partial charge in [0.1, 0.15) is 29.1 Å². The van der Waals surface area contributed by atoms with Crippen LogP contribution in [-0.4, -0.2) is 28.9 Å². The van der Waals surface area contributed by atoms with Gasteiger partial charge in [-0.1, -0.05) is 47.7 Å². The molecular formula is C20H13N7O. The van der Waals surface area contributed by atoms with Crippen LogP contribution in [0.5, 0.6) is 0 Å². The number of imidazole rings is 1. The van der Waals surface area contributed by atoms with Gasteiger partial charge in [-0.3, -0.25) is 13.8 Å². The predicted octanol–water partition coefficient (Wildman–Crippen LogP) is 2.44. The zero-order valence-electron chi connectivity index (χ0n) is 14.8. The third kappa shape index (κ3) is 2.10. The third-order valence-electron chi connectivity index (χ3n) is 4.80. The van der Waals surface area contributed by atoms with Crippen LogP contribution in [0.15, 0.2) is 65.7 Å². The van der Waals surface area contributed by atoms with Crippen LogP contribution in [-0.2, 0) is 7.05 Å². The predicted molar refractivity (Wildman–Crippen MR) is 103 cm³/mol. The van der Waals surface area contributed by atoms with Crippen molar-refractivity contribution in [1.82, 2.24) is 28.9 Å². The molecule has 5 aromatic rings. The molecule has 0 N–H and O–H groups in total. The number of aryl methyl sites for hydroxylation is 1. The fourth-order valence-corrected chi connectivity index (χ4v) is 3.51. The molecule has 5 rings (SSSR count). The van der Waals surface area contributed by atoms with E-state index in [1.165, 1.54) is 0 Å². The standard InChI is InChI=1S/C20H13N7O/c1-25-19-17(22-12-26(19)15-10-6-5-9-14(15)20(25)28)16-18(27(11-21)24-23-16)13-7-3-2-4-8-13/h2-10,12H,1H3. The van der Waals surface area contributed by atoms with E-state index in [-0.39, 0.29) is 5.56 Å². The van der Waals surface area contributed by atoms with Gasteiger partial charge in [0.05, 0.1) is 10.9 Å². The molecule has 0 aliphatic rings. The second kappa shape index (κ2) is 5.89. The molecule has 28 heavy (non-hydrogen) atoms. The molecule has 8 nitrogen and oxygen atoms in total. The van der Waals surface area contributed by atoms with Crippen LogP contribution in [0.1, 0.15) is 0 Å². The highest BCUT2D eigenvalue weighted by Gasteiger charge is 2.23. The van der Waals surface area contributed by atoms with Crippen molar-refractivity contribution in [2.24, 2.45) is 7.05 Å². The van der Waals surface area contributed by atoms with E-state index in [0.29, 0.717) is 28.1 Å². The maximum atomic E-state index is 12.9. The van der Waals surface area contributed by atoms with Gasteiger partial charge in [-0.25, -0.2) is 4.98 Å². The van der Waals surface area contributed by atoms with Gasteiger partial charge in [0.2, 0.25) is 6.19 Å². The van der Waals surface area contributed by atoms with E-state index in [0.717, 1.165) is 15.8 Å². The van der Waals surface area contributed by atoms with E-state index in [1.807, 2.05) is 59.1 Å². The molecule has 0 fully saturated rings. The van der Waals surface area contributed by atoms with Gasteiger partial charge in [0.25, 0.3) is 5.56 Å². The molecule has 8 heteroatoms. The Morgan fingerprint density at radius 3 is 2.54 bits per heavy atom. The number of benzene rings is 2. The quantitative estimate of drug-likeness (QED) is 0.478. The van der Waals surface area contributed by atoms with E-state index < -0.39 is 0 Å². The summed E-state index contributed by atoms with van der Waals surface area (Å²) in [6.45, 7) is 0. The summed E-state index contributed by atoms with van der Waals surface area (Å²) in [5.41, 5.74) is 3.48. The minimum absolute atomic E-state index is 0.126. The molecule has 0 amide bonds.